The first-order valence-electron chi connectivity index (χ1n) is 9.34. The average Bonchev–Trinajstić information content (AvgIpc) is 2.77. The monoisotopic (exact) mass is 486 g/mol. The summed E-state index contributed by atoms with van der Waals surface area (Å²) in [5.74, 6) is -3.24. The summed E-state index contributed by atoms with van der Waals surface area (Å²) < 4.78 is 63.0. The first kappa shape index (κ1) is 21.1. The lowest BCUT2D eigenvalue weighted by Gasteiger charge is -2.11. The van der Waals surface area contributed by atoms with Gasteiger partial charge >= 0.3 is 0 Å². The highest BCUT2D eigenvalue weighted by atomic mass is 79.9. The molecule has 0 heterocycles. The summed E-state index contributed by atoms with van der Waals surface area (Å²) in [6, 6.07) is 20.1. The van der Waals surface area contributed by atoms with Crippen LogP contribution >= 0.6 is 15.9 Å². The van der Waals surface area contributed by atoms with Crippen LogP contribution in [0.5, 0.6) is 5.75 Å². The molecule has 0 radical (unpaired) electrons. The summed E-state index contributed by atoms with van der Waals surface area (Å²) in [5, 5.41) is 0. The molecule has 4 aromatic rings. The van der Waals surface area contributed by atoms with Crippen LogP contribution < -0.4 is 4.74 Å². The van der Waals surface area contributed by atoms with E-state index in [4.69, 9.17) is 4.74 Å². The lowest BCUT2D eigenvalue weighted by molar-refractivity contribution is 0.304. The summed E-state index contributed by atoms with van der Waals surface area (Å²) in [5.41, 5.74) is 1.04. The summed E-state index contributed by atoms with van der Waals surface area (Å²) in [6.07, 6.45) is 0. The molecule has 0 amide bonds. The molecule has 0 saturated carbocycles. The van der Waals surface area contributed by atoms with Crippen LogP contribution in [-0.2, 0) is 6.61 Å². The van der Waals surface area contributed by atoms with E-state index in [-0.39, 0.29) is 33.3 Å². The molecule has 0 aromatic heterocycles. The highest BCUT2D eigenvalue weighted by Gasteiger charge is 2.17. The first-order valence-corrected chi connectivity index (χ1v) is 10.1. The molecule has 6 heteroatoms. The van der Waals surface area contributed by atoms with E-state index in [2.05, 4.69) is 15.9 Å². The molecule has 0 saturated heterocycles. The molecule has 0 spiro atoms. The van der Waals surface area contributed by atoms with Gasteiger partial charge in [0.25, 0.3) is 0 Å². The molecule has 31 heavy (non-hydrogen) atoms. The van der Waals surface area contributed by atoms with Gasteiger partial charge in [0.05, 0.1) is 4.47 Å². The van der Waals surface area contributed by atoms with Gasteiger partial charge in [0.15, 0.2) is 11.6 Å². The maximum atomic E-state index is 14.8. The van der Waals surface area contributed by atoms with Gasteiger partial charge in [-0.2, -0.15) is 0 Å². The van der Waals surface area contributed by atoms with E-state index in [1.165, 1.54) is 36.4 Å². The van der Waals surface area contributed by atoms with Gasteiger partial charge in [-0.05, 0) is 51.3 Å². The Kier molecular flexibility index (Phi) is 6.09. The number of halogens is 5. The van der Waals surface area contributed by atoms with E-state index >= 15 is 0 Å². The Morgan fingerprint density at radius 2 is 1.29 bits per heavy atom. The highest BCUT2D eigenvalue weighted by molar-refractivity contribution is 9.10. The van der Waals surface area contributed by atoms with Crippen LogP contribution in [0.4, 0.5) is 17.6 Å². The second kappa shape index (κ2) is 8.94. The topological polar surface area (TPSA) is 9.23 Å². The highest BCUT2D eigenvalue weighted by Crippen LogP contribution is 2.33. The van der Waals surface area contributed by atoms with Crippen molar-refractivity contribution in [1.29, 1.82) is 0 Å². The number of hydrogen-bond donors (Lipinski definition) is 0. The third-order valence-electron chi connectivity index (χ3n) is 4.79. The molecule has 156 valence electrons. The number of rotatable bonds is 5. The fourth-order valence-corrected chi connectivity index (χ4v) is 3.50. The Hall–Kier alpha value is -3.12. The van der Waals surface area contributed by atoms with Gasteiger partial charge in [-0.15, -0.1) is 0 Å². The largest absolute Gasteiger partial charge is 0.489 e. The van der Waals surface area contributed by atoms with E-state index in [0.29, 0.717) is 5.75 Å². The first-order chi connectivity index (χ1) is 14.9. The molecule has 0 aliphatic heterocycles. The van der Waals surface area contributed by atoms with Crippen molar-refractivity contribution in [1.82, 2.24) is 0 Å². The molecule has 4 rings (SSSR count). The minimum atomic E-state index is -1.09. The zero-order valence-electron chi connectivity index (χ0n) is 16.0. The molecular formula is C25H15BrF4O. The lowest BCUT2D eigenvalue weighted by atomic mass is 9.99. The van der Waals surface area contributed by atoms with Gasteiger partial charge in [0.2, 0.25) is 0 Å². The summed E-state index contributed by atoms with van der Waals surface area (Å²) in [6.45, 7) is 0.276. The number of ether oxygens (including phenoxy) is 1. The fourth-order valence-electron chi connectivity index (χ4n) is 3.19. The Morgan fingerprint density at radius 1 is 0.645 bits per heavy atom. The predicted octanol–water partition coefficient (Wildman–Crippen LogP) is 7.92. The Morgan fingerprint density at radius 3 is 1.97 bits per heavy atom. The molecule has 0 unspecified atom stereocenters. The van der Waals surface area contributed by atoms with Crippen LogP contribution in [0.2, 0.25) is 0 Å². The Bertz CT molecular complexity index is 1240. The molecule has 0 fully saturated rings. The number of benzene rings is 4. The summed E-state index contributed by atoms with van der Waals surface area (Å²) >= 11 is 2.91. The van der Waals surface area contributed by atoms with Crippen molar-refractivity contribution in [2.24, 2.45) is 0 Å². The van der Waals surface area contributed by atoms with Crippen LogP contribution in [0, 0.1) is 23.3 Å². The summed E-state index contributed by atoms with van der Waals surface area (Å²) in [7, 11) is 0. The van der Waals surface area contributed by atoms with E-state index in [1.807, 2.05) is 30.3 Å². The normalized spacial score (nSPS) is 10.9. The number of hydrogen-bond acceptors (Lipinski definition) is 1. The van der Waals surface area contributed by atoms with Crippen LogP contribution in [0.15, 0.2) is 83.3 Å². The van der Waals surface area contributed by atoms with Gasteiger partial charge in [0.1, 0.15) is 24.0 Å². The van der Waals surface area contributed by atoms with Crippen molar-refractivity contribution in [3.05, 3.63) is 112 Å². The van der Waals surface area contributed by atoms with Gasteiger partial charge in [-0.1, -0.05) is 48.5 Å². The van der Waals surface area contributed by atoms with E-state index < -0.39 is 23.3 Å². The fraction of sp³-hybridized carbons (Fsp3) is 0.0400. The van der Waals surface area contributed by atoms with Crippen molar-refractivity contribution < 1.29 is 22.3 Å². The zero-order chi connectivity index (χ0) is 22.0. The van der Waals surface area contributed by atoms with E-state index in [1.54, 1.807) is 6.07 Å². The molecule has 0 aliphatic carbocycles. The van der Waals surface area contributed by atoms with Crippen molar-refractivity contribution in [3.8, 4) is 28.0 Å². The molecule has 0 atom stereocenters. The molecule has 1 nitrogen and oxygen atoms in total. The predicted molar refractivity (Wildman–Crippen MR) is 116 cm³/mol. The maximum Gasteiger partial charge on any atom is 0.173 e. The lowest BCUT2D eigenvalue weighted by Crippen LogP contribution is -1.97. The standard InChI is InChI=1S/C25H15BrF4O/c26-21-11-10-18(24(29)25(21)30)16-6-8-19(22(27)12-16)20-9-7-17(13-23(20)28)31-14-15-4-2-1-3-5-15/h1-13H,14H2. The molecule has 0 aliphatic rings. The smallest absolute Gasteiger partial charge is 0.173 e. The molecule has 0 bridgehead atoms. The minimum absolute atomic E-state index is 0.00820. The van der Waals surface area contributed by atoms with Crippen molar-refractivity contribution in [3.63, 3.8) is 0 Å². The van der Waals surface area contributed by atoms with Gasteiger partial charge < -0.3 is 4.74 Å². The van der Waals surface area contributed by atoms with Gasteiger partial charge in [-0.25, -0.2) is 17.6 Å². The van der Waals surface area contributed by atoms with Crippen molar-refractivity contribution >= 4 is 15.9 Å². The second-order valence-electron chi connectivity index (χ2n) is 6.83. The van der Waals surface area contributed by atoms with Crippen LogP contribution in [0.25, 0.3) is 22.3 Å². The Labute approximate surface area is 185 Å². The summed E-state index contributed by atoms with van der Waals surface area (Å²) in [4.78, 5) is 0. The van der Waals surface area contributed by atoms with Crippen LogP contribution in [0.3, 0.4) is 0 Å². The molecular weight excluding hydrogens is 472 g/mol. The third kappa shape index (κ3) is 4.49. The molecule has 0 N–H and O–H groups in total. The van der Waals surface area contributed by atoms with Gasteiger partial charge in [-0.3, -0.25) is 0 Å². The van der Waals surface area contributed by atoms with Crippen molar-refractivity contribution in [2.75, 3.05) is 0 Å². The van der Waals surface area contributed by atoms with Crippen LogP contribution in [0.1, 0.15) is 5.56 Å². The maximum absolute atomic E-state index is 14.8. The third-order valence-corrected chi connectivity index (χ3v) is 5.41. The second-order valence-corrected chi connectivity index (χ2v) is 7.69. The molecule has 4 aromatic carbocycles. The van der Waals surface area contributed by atoms with Crippen LogP contribution in [-0.4, -0.2) is 0 Å². The van der Waals surface area contributed by atoms with E-state index in [9.17, 15) is 17.6 Å². The SMILES string of the molecule is Fc1cc(OCc2ccccc2)ccc1-c1ccc(-c2ccc(Br)c(F)c2F)cc1F. The Balaban J connectivity index is 1.59. The minimum Gasteiger partial charge on any atom is -0.489 e. The average molecular weight is 487 g/mol. The van der Waals surface area contributed by atoms with Crippen molar-refractivity contribution in [2.45, 2.75) is 6.61 Å². The zero-order valence-corrected chi connectivity index (χ0v) is 17.6. The van der Waals surface area contributed by atoms with Gasteiger partial charge in [0, 0.05) is 22.8 Å². The van der Waals surface area contributed by atoms with E-state index in [0.717, 1.165) is 11.6 Å². The quantitative estimate of drug-likeness (QED) is 0.205.